The van der Waals surface area contributed by atoms with Crippen LogP contribution in [-0.2, 0) is 5.54 Å². The van der Waals surface area contributed by atoms with Crippen LogP contribution in [0.25, 0.3) is 11.0 Å². The summed E-state index contributed by atoms with van der Waals surface area (Å²) in [6, 6.07) is 4.27. The number of nitrogens with one attached hydrogen (secondary N) is 1. The average molecular weight is 423 g/mol. The largest absolute Gasteiger partial charge is 0.366 e. The zero-order valence-electron chi connectivity index (χ0n) is 18.3. The fourth-order valence-corrected chi connectivity index (χ4v) is 3.68. The van der Waals surface area contributed by atoms with Gasteiger partial charge in [0.2, 0.25) is 5.91 Å². The van der Waals surface area contributed by atoms with Gasteiger partial charge in [0.25, 0.3) is 5.91 Å². The maximum absolute atomic E-state index is 14.3. The summed E-state index contributed by atoms with van der Waals surface area (Å²) in [5.41, 5.74) is 8.07. The summed E-state index contributed by atoms with van der Waals surface area (Å²) in [5, 5.41) is 8.09. The molecule has 0 atom stereocenters. The lowest BCUT2D eigenvalue weighted by Crippen LogP contribution is -2.24. The first-order valence-electron chi connectivity index (χ1n) is 10.3. The lowest BCUT2D eigenvalue weighted by Gasteiger charge is -2.20. The minimum atomic E-state index is -0.765. The Kier molecular flexibility index (Phi) is 4.83. The second kappa shape index (κ2) is 7.14. The Hall–Kier alpha value is -3.29. The number of amides is 2. The second-order valence-corrected chi connectivity index (χ2v) is 9.18. The fourth-order valence-electron chi connectivity index (χ4n) is 3.68. The molecule has 0 saturated heterocycles. The molecule has 1 aliphatic rings. The Morgan fingerprint density at radius 3 is 2.45 bits per heavy atom. The summed E-state index contributed by atoms with van der Waals surface area (Å²) in [7, 11) is 0. The van der Waals surface area contributed by atoms with Crippen molar-refractivity contribution in [1.29, 1.82) is 0 Å². The Bertz CT molecular complexity index is 1240. The highest BCUT2D eigenvalue weighted by Crippen LogP contribution is 2.41. The van der Waals surface area contributed by atoms with E-state index in [0.29, 0.717) is 28.2 Å². The number of primary amides is 1. The molecule has 2 aromatic heterocycles. The third-order valence-electron chi connectivity index (χ3n) is 5.59. The van der Waals surface area contributed by atoms with Crippen LogP contribution in [0.1, 0.15) is 77.2 Å². The first kappa shape index (κ1) is 21.0. The summed E-state index contributed by atoms with van der Waals surface area (Å²) in [4.78, 5) is 29.7. The van der Waals surface area contributed by atoms with E-state index in [-0.39, 0.29) is 22.4 Å². The number of carbonyl (C=O) groups excluding carboxylic acids is 2. The van der Waals surface area contributed by atoms with Crippen LogP contribution in [-0.4, -0.2) is 26.6 Å². The van der Waals surface area contributed by atoms with E-state index in [9.17, 15) is 14.0 Å². The zero-order valence-corrected chi connectivity index (χ0v) is 18.3. The Balaban J connectivity index is 1.85. The van der Waals surface area contributed by atoms with Crippen LogP contribution < -0.4 is 11.1 Å². The van der Waals surface area contributed by atoms with Crippen LogP contribution in [0.15, 0.2) is 18.2 Å². The molecule has 2 amide bonds. The minimum absolute atomic E-state index is 0.00585. The predicted molar refractivity (Wildman–Crippen MR) is 117 cm³/mol. The minimum Gasteiger partial charge on any atom is -0.366 e. The van der Waals surface area contributed by atoms with Crippen LogP contribution in [0.4, 0.5) is 10.1 Å². The molecule has 1 aromatic carbocycles. The third kappa shape index (κ3) is 3.78. The summed E-state index contributed by atoms with van der Waals surface area (Å²) in [5.74, 6) is -1.45. The smallest absolute Gasteiger partial charge is 0.256 e. The molecule has 0 unspecified atom stereocenters. The summed E-state index contributed by atoms with van der Waals surface area (Å²) >= 11 is 0. The standard InChI is InChI=1S/C23H26FN5O2/c1-11-16(24)8-14(20(25)30)9-17(11)27-22(31)15-10-18(13-6-7-13)26-21-19(15)12(2)28-29(21)23(3,4)5/h8-10,13H,6-7H2,1-5H3,(H2,25,30)(H,27,31). The molecule has 2 heterocycles. The molecular weight excluding hydrogens is 397 g/mol. The van der Waals surface area contributed by atoms with Gasteiger partial charge in [-0.3, -0.25) is 9.59 Å². The molecule has 31 heavy (non-hydrogen) atoms. The van der Waals surface area contributed by atoms with E-state index >= 15 is 0 Å². The lowest BCUT2D eigenvalue weighted by molar-refractivity contribution is 0.0996. The van der Waals surface area contributed by atoms with Gasteiger partial charge < -0.3 is 11.1 Å². The van der Waals surface area contributed by atoms with Gasteiger partial charge in [-0.05, 0) is 65.7 Å². The molecule has 3 N–H and O–H groups in total. The molecule has 1 saturated carbocycles. The number of halogens is 1. The highest BCUT2D eigenvalue weighted by Gasteiger charge is 2.30. The number of hydrogen-bond acceptors (Lipinski definition) is 4. The molecule has 162 valence electrons. The van der Waals surface area contributed by atoms with Gasteiger partial charge in [0.05, 0.1) is 22.2 Å². The van der Waals surface area contributed by atoms with Gasteiger partial charge in [0, 0.05) is 28.4 Å². The van der Waals surface area contributed by atoms with E-state index in [1.807, 2.05) is 32.4 Å². The molecule has 1 fully saturated rings. The van der Waals surface area contributed by atoms with Crippen molar-refractivity contribution < 1.29 is 14.0 Å². The van der Waals surface area contributed by atoms with Crippen LogP contribution in [0.5, 0.6) is 0 Å². The van der Waals surface area contributed by atoms with E-state index in [2.05, 4.69) is 10.4 Å². The molecule has 1 aliphatic carbocycles. The van der Waals surface area contributed by atoms with Crippen LogP contribution in [0.2, 0.25) is 0 Å². The van der Waals surface area contributed by atoms with E-state index < -0.39 is 17.6 Å². The van der Waals surface area contributed by atoms with Crippen molar-refractivity contribution in [1.82, 2.24) is 14.8 Å². The van der Waals surface area contributed by atoms with Crippen molar-refractivity contribution in [2.75, 3.05) is 5.32 Å². The van der Waals surface area contributed by atoms with E-state index in [1.165, 1.54) is 13.0 Å². The third-order valence-corrected chi connectivity index (χ3v) is 5.59. The number of pyridine rings is 1. The first-order chi connectivity index (χ1) is 14.5. The number of hydrogen-bond donors (Lipinski definition) is 2. The molecule has 4 rings (SSSR count). The molecule has 7 nitrogen and oxygen atoms in total. The number of aromatic nitrogens is 3. The summed E-state index contributed by atoms with van der Waals surface area (Å²) in [6.45, 7) is 9.48. The number of anilines is 1. The maximum Gasteiger partial charge on any atom is 0.256 e. The fraction of sp³-hybridized carbons (Fsp3) is 0.391. The van der Waals surface area contributed by atoms with E-state index in [1.54, 1.807) is 6.07 Å². The van der Waals surface area contributed by atoms with Crippen molar-refractivity contribution in [2.45, 2.75) is 58.9 Å². The van der Waals surface area contributed by atoms with Gasteiger partial charge in [-0.1, -0.05) is 0 Å². The first-order valence-corrected chi connectivity index (χ1v) is 10.3. The number of nitrogens with zero attached hydrogens (tertiary/aromatic N) is 3. The van der Waals surface area contributed by atoms with Crippen molar-refractivity contribution in [3.05, 3.63) is 52.1 Å². The summed E-state index contributed by atoms with van der Waals surface area (Å²) in [6.07, 6.45) is 2.07. The normalized spacial score (nSPS) is 14.1. The molecule has 0 radical (unpaired) electrons. The van der Waals surface area contributed by atoms with Gasteiger partial charge in [0.1, 0.15) is 5.82 Å². The SMILES string of the molecule is Cc1c(F)cc(C(N)=O)cc1NC(=O)c1cc(C2CC2)nc2c1c(C)nn2C(C)(C)C. The molecule has 3 aromatic rings. The number of aryl methyl sites for hydroxylation is 1. The van der Waals surface area contributed by atoms with Gasteiger partial charge in [-0.15, -0.1) is 0 Å². The summed E-state index contributed by atoms with van der Waals surface area (Å²) < 4.78 is 16.1. The van der Waals surface area contributed by atoms with Crippen molar-refractivity contribution in [3.8, 4) is 0 Å². The van der Waals surface area contributed by atoms with Crippen LogP contribution in [0.3, 0.4) is 0 Å². The van der Waals surface area contributed by atoms with Gasteiger partial charge in [0.15, 0.2) is 5.65 Å². The van der Waals surface area contributed by atoms with Crippen molar-refractivity contribution in [2.24, 2.45) is 5.73 Å². The molecule has 0 spiro atoms. The van der Waals surface area contributed by atoms with Crippen LogP contribution in [0, 0.1) is 19.7 Å². The number of fused-ring (bicyclic) bond motifs is 1. The van der Waals surface area contributed by atoms with Gasteiger partial charge in [-0.25, -0.2) is 14.1 Å². The maximum atomic E-state index is 14.3. The Morgan fingerprint density at radius 2 is 1.87 bits per heavy atom. The monoisotopic (exact) mass is 423 g/mol. The molecule has 8 heteroatoms. The highest BCUT2D eigenvalue weighted by atomic mass is 19.1. The number of benzene rings is 1. The molecule has 0 bridgehead atoms. The Morgan fingerprint density at radius 1 is 1.19 bits per heavy atom. The number of carbonyl (C=O) groups is 2. The topological polar surface area (TPSA) is 103 Å². The highest BCUT2D eigenvalue weighted by molar-refractivity contribution is 6.13. The predicted octanol–water partition coefficient (Wildman–Crippen LogP) is 4.17. The number of rotatable bonds is 4. The van der Waals surface area contributed by atoms with Crippen molar-refractivity contribution in [3.63, 3.8) is 0 Å². The van der Waals surface area contributed by atoms with E-state index in [4.69, 9.17) is 10.7 Å². The Labute approximate surface area is 179 Å². The van der Waals surface area contributed by atoms with E-state index in [0.717, 1.165) is 24.6 Å². The molecule has 0 aliphatic heterocycles. The molecular formula is C23H26FN5O2. The van der Waals surface area contributed by atoms with Crippen molar-refractivity contribution >= 4 is 28.5 Å². The number of nitrogens with two attached hydrogens (primary N) is 1. The average Bonchev–Trinajstić information content (AvgIpc) is 3.47. The zero-order chi connectivity index (χ0) is 22.7. The lowest BCUT2D eigenvalue weighted by atomic mass is 10.0. The van der Waals surface area contributed by atoms with Crippen LogP contribution >= 0.6 is 0 Å². The quantitative estimate of drug-likeness (QED) is 0.657. The van der Waals surface area contributed by atoms with Gasteiger partial charge in [-0.2, -0.15) is 5.10 Å². The second-order valence-electron chi connectivity index (χ2n) is 9.18. The van der Waals surface area contributed by atoms with Gasteiger partial charge >= 0.3 is 0 Å².